The molecular formula is C19H20N4O3. The van der Waals surface area contributed by atoms with Crippen LogP contribution in [0.15, 0.2) is 46.8 Å². The van der Waals surface area contributed by atoms with E-state index < -0.39 is 5.97 Å². The number of hydrogen-bond donors (Lipinski definition) is 1. The average molecular weight is 352 g/mol. The number of azo groups is 1. The summed E-state index contributed by atoms with van der Waals surface area (Å²) in [6.45, 7) is 4.03. The molecule has 3 rings (SSSR count). The fourth-order valence-electron chi connectivity index (χ4n) is 2.77. The average Bonchev–Trinajstić information content (AvgIpc) is 2.99. The van der Waals surface area contributed by atoms with E-state index in [1.807, 2.05) is 25.1 Å². The Balaban J connectivity index is 2.13. The number of pyridine rings is 1. The highest BCUT2D eigenvalue weighted by Crippen LogP contribution is 2.31. The van der Waals surface area contributed by atoms with Gasteiger partial charge in [-0.1, -0.05) is 25.1 Å². The molecule has 0 amide bonds. The summed E-state index contributed by atoms with van der Waals surface area (Å²) in [6.07, 6.45) is 2.50. The van der Waals surface area contributed by atoms with Crippen molar-refractivity contribution < 1.29 is 14.6 Å². The Morgan fingerprint density at radius 1 is 1.27 bits per heavy atom. The first-order chi connectivity index (χ1) is 12.5. The number of aromatic nitrogens is 2. The Morgan fingerprint density at radius 2 is 2.08 bits per heavy atom. The van der Waals surface area contributed by atoms with Crippen molar-refractivity contribution >= 4 is 23.1 Å². The molecule has 7 heteroatoms. The third-order valence-corrected chi connectivity index (χ3v) is 4.16. The van der Waals surface area contributed by atoms with E-state index in [0.717, 1.165) is 23.2 Å². The fraction of sp³-hybridized carbons (Fsp3) is 0.263. The van der Waals surface area contributed by atoms with Gasteiger partial charge < -0.3 is 9.84 Å². The van der Waals surface area contributed by atoms with Crippen molar-refractivity contribution in [3.63, 3.8) is 0 Å². The molecule has 0 spiro atoms. The number of esters is 1. The smallest absolute Gasteiger partial charge is 0.311 e. The Labute approximate surface area is 151 Å². The molecule has 0 atom stereocenters. The van der Waals surface area contributed by atoms with Crippen LogP contribution in [-0.4, -0.2) is 27.6 Å². The number of methoxy groups -OCH3 is 1. The van der Waals surface area contributed by atoms with E-state index in [0.29, 0.717) is 17.2 Å². The highest BCUT2D eigenvalue weighted by atomic mass is 16.5. The van der Waals surface area contributed by atoms with Crippen LogP contribution < -0.4 is 0 Å². The van der Waals surface area contributed by atoms with E-state index >= 15 is 0 Å². The van der Waals surface area contributed by atoms with Gasteiger partial charge in [0.05, 0.1) is 24.9 Å². The summed E-state index contributed by atoms with van der Waals surface area (Å²) in [4.78, 5) is 16.1. The molecule has 1 N–H and O–H groups in total. The van der Waals surface area contributed by atoms with Crippen molar-refractivity contribution in [2.24, 2.45) is 10.2 Å². The number of carbonyl (C=O) groups is 1. The number of carbonyl (C=O) groups excluding carboxylic acids is 1. The summed E-state index contributed by atoms with van der Waals surface area (Å²) >= 11 is 0. The van der Waals surface area contributed by atoms with Gasteiger partial charge in [0.2, 0.25) is 0 Å². The van der Waals surface area contributed by atoms with Crippen LogP contribution in [-0.2, 0) is 22.4 Å². The van der Waals surface area contributed by atoms with Crippen LogP contribution in [0.3, 0.4) is 0 Å². The number of nitrogens with zero attached hydrogens (tertiary/aromatic N) is 4. The van der Waals surface area contributed by atoms with Gasteiger partial charge in [0.25, 0.3) is 0 Å². The van der Waals surface area contributed by atoms with Crippen molar-refractivity contribution in [2.75, 3.05) is 7.11 Å². The van der Waals surface area contributed by atoms with E-state index in [-0.39, 0.29) is 12.2 Å². The highest BCUT2D eigenvalue weighted by molar-refractivity contribution is 5.75. The quantitative estimate of drug-likeness (QED) is 0.554. The molecule has 0 fully saturated rings. The van der Waals surface area contributed by atoms with Crippen molar-refractivity contribution in [1.82, 2.24) is 9.38 Å². The molecule has 0 aliphatic carbocycles. The second kappa shape index (κ2) is 7.35. The molecule has 2 heterocycles. The predicted molar refractivity (Wildman–Crippen MR) is 97.3 cm³/mol. The van der Waals surface area contributed by atoms with Crippen LogP contribution >= 0.6 is 0 Å². The third-order valence-electron chi connectivity index (χ3n) is 4.16. The summed E-state index contributed by atoms with van der Waals surface area (Å²) in [5.41, 5.74) is 3.61. The van der Waals surface area contributed by atoms with Gasteiger partial charge in [0.1, 0.15) is 0 Å². The Kier molecular flexibility index (Phi) is 4.97. The van der Waals surface area contributed by atoms with Crippen LogP contribution in [0.5, 0.6) is 5.75 Å². The molecule has 3 aromatic rings. The van der Waals surface area contributed by atoms with E-state index in [9.17, 15) is 9.90 Å². The predicted octanol–water partition coefficient (Wildman–Crippen LogP) is 4.04. The van der Waals surface area contributed by atoms with Crippen LogP contribution in [0.25, 0.3) is 5.65 Å². The van der Waals surface area contributed by atoms with Gasteiger partial charge in [-0.05, 0) is 36.6 Å². The van der Waals surface area contributed by atoms with Crippen LogP contribution in [0, 0.1) is 6.92 Å². The lowest BCUT2D eigenvalue weighted by atomic mass is 10.1. The number of aryl methyl sites for hydroxylation is 2. The van der Waals surface area contributed by atoms with Crippen molar-refractivity contribution in [2.45, 2.75) is 26.7 Å². The minimum atomic E-state index is -0.436. The van der Waals surface area contributed by atoms with Gasteiger partial charge in [-0.25, -0.2) is 4.98 Å². The first-order valence-electron chi connectivity index (χ1n) is 8.31. The number of hydrogen-bond acceptors (Lipinski definition) is 6. The normalized spacial score (nSPS) is 11.3. The molecule has 0 radical (unpaired) electrons. The van der Waals surface area contributed by atoms with Crippen molar-refractivity contribution in [3.05, 3.63) is 53.3 Å². The molecule has 0 aliphatic heterocycles. The fourth-order valence-corrected chi connectivity index (χ4v) is 2.77. The minimum absolute atomic E-state index is 0.00482. The lowest BCUT2D eigenvalue weighted by Gasteiger charge is -2.05. The summed E-state index contributed by atoms with van der Waals surface area (Å²) in [6, 6.07) is 9.18. The number of aromatic hydroxyl groups is 1. The number of benzene rings is 1. The molecule has 0 saturated heterocycles. The maximum Gasteiger partial charge on any atom is 0.311 e. The van der Waals surface area contributed by atoms with Gasteiger partial charge in [0.15, 0.2) is 17.2 Å². The summed E-state index contributed by atoms with van der Waals surface area (Å²) in [5, 5.41) is 18.8. The van der Waals surface area contributed by atoms with Gasteiger partial charge in [-0.15, -0.1) is 10.2 Å². The van der Waals surface area contributed by atoms with E-state index in [1.54, 1.807) is 16.7 Å². The topological polar surface area (TPSA) is 88.5 Å². The van der Waals surface area contributed by atoms with Gasteiger partial charge >= 0.3 is 5.97 Å². The number of rotatable bonds is 5. The molecule has 0 saturated carbocycles. The van der Waals surface area contributed by atoms with Gasteiger partial charge in [0, 0.05) is 6.20 Å². The molecule has 7 nitrogen and oxygen atoms in total. The summed E-state index contributed by atoms with van der Waals surface area (Å²) < 4.78 is 6.34. The second-order valence-electron chi connectivity index (χ2n) is 5.86. The van der Waals surface area contributed by atoms with Crippen LogP contribution in [0.1, 0.15) is 23.7 Å². The molecule has 26 heavy (non-hydrogen) atoms. The van der Waals surface area contributed by atoms with E-state index in [4.69, 9.17) is 4.74 Å². The monoisotopic (exact) mass is 352 g/mol. The SMILES string of the molecule is CCc1cccc(C)c1N=Nc1c(CC(=O)OC)nc2c(O)cccn12. The second-order valence-corrected chi connectivity index (χ2v) is 5.86. The zero-order valence-corrected chi connectivity index (χ0v) is 14.9. The number of fused-ring (bicyclic) bond motifs is 1. The van der Waals surface area contributed by atoms with Crippen LogP contribution in [0.4, 0.5) is 11.5 Å². The summed E-state index contributed by atoms with van der Waals surface area (Å²) in [5.74, 6) is -0.0358. The minimum Gasteiger partial charge on any atom is -0.504 e. The Bertz CT molecular complexity index is 992. The zero-order chi connectivity index (χ0) is 18.7. The Morgan fingerprint density at radius 3 is 2.81 bits per heavy atom. The van der Waals surface area contributed by atoms with Gasteiger partial charge in [-0.2, -0.15) is 0 Å². The molecule has 134 valence electrons. The first-order valence-corrected chi connectivity index (χ1v) is 8.31. The molecule has 0 aliphatic rings. The van der Waals surface area contributed by atoms with Gasteiger partial charge in [-0.3, -0.25) is 9.20 Å². The number of imidazole rings is 1. The Hall–Kier alpha value is -3.22. The molecule has 1 aromatic carbocycles. The third kappa shape index (κ3) is 3.28. The van der Waals surface area contributed by atoms with Crippen molar-refractivity contribution in [1.29, 1.82) is 0 Å². The maximum absolute atomic E-state index is 11.7. The summed E-state index contributed by atoms with van der Waals surface area (Å²) in [7, 11) is 1.32. The molecular weight excluding hydrogens is 332 g/mol. The van der Waals surface area contributed by atoms with Crippen LogP contribution in [0.2, 0.25) is 0 Å². The molecule has 0 bridgehead atoms. The number of ether oxygens (including phenoxy) is 1. The van der Waals surface area contributed by atoms with E-state index in [1.165, 1.54) is 13.2 Å². The van der Waals surface area contributed by atoms with Crippen molar-refractivity contribution in [3.8, 4) is 5.75 Å². The maximum atomic E-state index is 11.7. The molecule has 0 unspecified atom stereocenters. The zero-order valence-electron chi connectivity index (χ0n) is 14.9. The standard InChI is InChI=1S/C19H20N4O3/c1-4-13-8-5-7-12(2)17(13)21-22-18-14(11-16(25)26-3)20-19-15(24)9-6-10-23(18)19/h5-10,24H,4,11H2,1-3H3. The highest BCUT2D eigenvalue weighted by Gasteiger charge is 2.18. The molecule has 2 aromatic heterocycles. The first kappa shape index (κ1) is 17.6. The lowest BCUT2D eigenvalue weighted by molar-refractivity contribution is -0.139. The largest absolute Gasteiger partial charge is 0.504 e. The lowest BCUT2D eigenvalue weighted by Crippen LogP contribution is -2.04. The van der Waals surface area contributed by atoms with E-state index in [2.05, 4.69) is 22.1 Å².